The number of hydrogen-bond acceptors (Lipinski definition) is 5. The van der Waals surface area contributed by atoms with E-state index >= 15 is 8.78 Å². The van der Waals surface area contributed by atoms with Crippen molar-refractivity contribution in [1.29, 1.82) is 0 Å². The average molecular weight is 573 g/mol. The van der Waals surface area contributed by atoms with Gasteiger partial charge in [-0.2, -0.15) is 5.10 Å². The van der Waals surface area contributed by atoms with Crippen LogP contribution in [-0.2, 0) is 5.67 Å². The lowest BCUT2D eigenvalue weighted by atomic mass is 9.86. The molecule has 1 saturated heterocycles. The fourth-order valence-corrected chi connectivity index (χ4v) is 6.33. The number of aromatic nitrogens is 4. The Morgan fingerprint density at radius 3 is 2.57 bits per heavy atom. The van der Waals surface area contributed by atoms with E-state index < -0.39 is 5.67 Å². The summed E-state index contributed by atoms with van der Waals surface area (Å²) in [4.78, 5) is 6.85. The first kappa shape index (κ1) is 27.1. The molecule has 1 N–H and O–H groups in total. The van der Waals surface area contributed by atoms with Gasteiger partial charge in [-0.1, -0.05) is 6.92 Å². The SMILES string of the molecule is CCN1CCC(F)(c2cn3c(-n4cc(-c5cc(C(NC6CC6)=C6CCC6)c(F)cc5C)cn4)cnc3cc2OC)CC1. The van der Waals surface area contributed by atoms with Gasteiger partial charge in [0.1, 0.15) is 22.9 Å². The molecular weight excluding hydrogens is 534 g/mol. The van der Waals surface area contributed by atoms with Gasteiger partial charge in [0.2, 0.25) is 0 Å². The largest absolute Gasteiger partial charge is 0.496 e. The van der Waals surface area contributed by atoms with Crippen molar-refractivity contribution in [3.05, 3.63) is 71.1 Å². The number of ether oxygens (including phenoxy) is 1. The molecule has 0 spiro atoms. The van der Waals surface area contributed by atoms with Crippen LogP contribution in [0.3, 0.4) is 0 Å². The molecule has 42 heavy (non-hydrogen) atoms. The molecule has 2 aliphatic carbocycles. The molecule has 0 bridgehead atoms. The van der Waals surface area contributed by atoms with Crippen molar-refractivity contribution in [3.8, 4) is 22.7 Å². The highest BCUT2D eigenvalue weighted by molar-refractivity contribution is 5.76. The number of fused-ring (bicyclic) bond motifs is 1. The Kier molecular flexibility index (Phi) is 6.80. The van der Waals surface area contributed by atoms with Gasteiger partial charge in [-0.3, -0.25) is 4.40 Å². The first-order chi connectivity index (χ1) is 20.4. The summed E-state index contributed by atoms with van der Waals surface area (Å²) in [6.07, 6.45) is 13.6. The second-order valence-corrected chi connectivity index (χ2v) is 12.1. The second-order valence-electron chi connectivity index (χ2n) is 12.1. The summed E-state index contributed by atoms with van der Waals surface area (Å²) in [6, 6.07) is 5.85. The minimum absolute atomic E-state index is 0.195. The van der Waals surface area contributed by atoms with E-state index in [9.17, 15) is 0 Å². The van der Waals surface area contributed by atoms with Crippen LogP contribution in [0.25, 0.3) is 28.3 Å². The molecule has 0 radical (unpaired) electrons. The van der Waals surface area contributed by atoms with Crippen LogP contribution in [0.2, 0.25) is 0 Å². The van der Waals surface area contributed by atoms with Crippen LogP contribution in [-0.4, -0.2) is 56.9 Å². The van der Waals surface area contributed by atoms with Crippen LogP contribution in [0, 0.1) is 12.7 Å². The molecule has 7 rings (SSSR count). The summed E-state index contributed by atoms with van der Waals surface area (Å²) in [7, 11) is 1.58. The van der Waals surface area contributed by atoms with Crippen molar-refractivity contribution in [3.63, 3.8) is 0 Å². The Morgan fingerprint density at radius 1 is 1.12 bits per heavy atom. The molecule has 4 aromatic rings. The Balaban J connectivity index is 1.25. The van der Waals surface area contributed by atoms with Gasteiger partial charge in [-0.05, 0) is 87.2 Å². The fraction of sp³-hybridized carbons (Fsp3) is 0.455. The molecule has 7 nitrogen and oxygen atoms in total. The number of aryl methyl sites for hydroxylation is 1. The standard InChI is InChI=1S/C33H38F2N6O/c1-4-39-12-10-33(35,11-13-39)27-20-40-30(16-29(27)42-3)36-18-31(40)41-19-23(17-37-41)25-15-26(28(34)14-21(25)2)32(22-6-5-7-22)38-24-8-9-24/h14-20,24,38H,4-13H2,1-3H3. The maximum atomic E-state index is 16.4. The van der Waals surface area contributed by atoms with Crippen molar-refractivity contribution in [2.24, 2.45) is 0 Å². The molecule has 1 aromatic carbocycles. The van der Waals surface area contributed by atoms with E-state index in [0.717, 1.165) is 61.0 Å². The third kappa shape index (κ3) is 4.77. The van der Waals surface area contributed by atoms with Crippen LogP contribution in [0.4, 0.5) is 8.78 Å². The molecule has 0 atom stereocenters. The summed E-state index contributed by atoms with van der Waals surface area (Å²) in [5.74, 6) is 1.01. The van der Waals surface area contributed by atoms with E-state index in [4.69, 9.17) is 4.74 Å². The number of piperidine rings is 1. The van der Waals surface area contributed by atoms with Crippen LogP contribution in [0.1, 0.15) is 68.6 Å². The number of imidazole rings is 1. The molecule has 2 saturated carbocycles. The van der Waals surface area contributed by atoms with E-state index in [1.807, 2.05) is 29.8 Å². The summed E-state index contributed by atoms with van der Waals surface area (Å²) < 4.78 is 41.0. The monoisotopic (exact) mass is 572 g/mol. The number of nitrogens with one attached hydrogen (secondary N) is 1. The molecule has 0 unspecified atom stereocenters. The van der Waals surface area contributed by atoms with Crippen molar-refractivity contribution in [1.82, 2.24) is 29.4 Å². The first-order valence-electron chi connectivity index (χ1n) is 15.2. The van der Waals surface area contributed by atoms with Gasteiger partial charge < -0.3 is 15.0 Å². The Bertz CT molecular complexity index is 1670. The predicted octanol–water partition coefficient (Wildman–Crippen LogP) is 6.57. The molecule has 0 amide bonds. The van der Waals surface area contributed by atoms with Gasteiger partial charge in [0, 0.05) is 60.0 Å². The maximum absolute atomic E-state index is 16.4. The minimum atomic E-state index is -1.48. The zero-order chi connectivity index (χ0) is 29.0. The van der Waals surface area contributed by atoms with Crippen molar-refractivity contribution < 1.29 is 13.5 Å². The highest BCUT2D eigenvalue weighted by atomic mass is 19.1. The minimum Gasteiger partial charge on any atom is -0.496 e. The molecule has 3 aliphatic rings. The maximum Gasteiger partial charge on any atom is 0.158 e. The molecule has 1 aliphatic heterocycles. The summed E-state index contributed by atoms with van der Waals surface area (Å²) in [5, 5.41) is 8.28. The third-order valence-electron chi connectivity index (χ3n) is 9.34. The van der Waals surface area contributed by atoms with Crippen molar-refractivity contribution >= 4 is 11.3 Å². The van der Waals surface area contributed by atoms with Crippen LogP contribution in [0.5, 0.6) is 5.75 Å². The topological polar surface area (TPSA) is 59.6 Å². The quantitative estimate of drug-likeness (QED) is 0.259. The number of allylic oxidation sites excluding steroid dienone is 1. The number of nitrogens with zero attached hydrogens (tertiary/aromatic N) is 5. The highest BCUT2D eigenvalue weighted by Gasteiger charge is 2.39. The van der Waals surface area contributed by atoms with Gasteiger partial charge >= 0.3 is 0 Å². The molecule has 3 fully saturated rings. The molecular formula is C33H38F2N6O. The Morgan fingerprint density at radius 2 is 1.90 bits per heavy atom. The van der Waals surface area contributed by atoms with Gasteiger partial charge in [-0.25, -0.2) is 18.4 Å². The van der Waals surface area contributed by atoms with Crippen LogP contribution >= 0.6 is 0 Å². The van der Waals surface area contributed by atoms with Gasteiger partial charge in [0.25, 0.3) is 0 Å². The van der Waals surface area contributed by atoms with E-state index in [1.165, 1.54) is 5.57 Å². The van der Waals surface area contributed by atoms with E-state index in [-0.39, 0.29) is 5.82 Å². The Labute approximate surface area is 245 Å². The van der Waals surface area contributed by atoms with Crippen molar-refractivity contribution in [2.75, 3.05) is 26.7 Å². The number of methoxy groups -OCH3 is 1. The zero-order valence-electron chi connectivity index (χ0n) is 24.6. The number of benzene rings is 1. The van der Waals surface area contributed by atoms with E-state index in [2.05, 4.69) is 27.2 Å². The lowest BCUT2D eigenvalue weighted by Gasteiger charge is -2.36. The molecule has 3 aromatic heterocycles. The van der Waals surface area contributed by atoms with E-state index in [1.54, 1.807) is 36.3 Å². The first-order valence-corrected chi connectivity index (χ1v) is 15.2. The van der Waals surface area contributed by atoms with Gasteiger partial charge in [0.05, 0.1) is 19.5 Å². The lowest BCUT2D eigenvalue weighted by molar-refractivity contribution is 0.0559. The van der Waals surface area contributed by atoms with Crippen molar-refractivity contribution in [2.45, 2.75) is 70.5 Å². The lowest BCUT2D eigenvalue weighted by Crippen LogP contribution is -2.40. The van der Waals surface area contributed by atoms with Gasteiger partial charge in [-0.15, -0.1) is 0 Å². The number of halogens is 2. The van der Waals surface area contributed by atoms with Gasteiger partial charge in [0.15, 0.2) is 5.82 Å². The predicted molar refractivity (Wildman–Crippen MR) is 160 cm³/mol. The van der Waals surface area contributed by atoms with Crippen LogP contribution in [0.15, 0.2) is 48.6 Å². The normalized spacial score (nSPS) is 18.7. The summed E-state index contributed by atoms with van der Waals surface area (Å²) >= 11 is 0. The molecule has 9 heteroatoms. The Hall–Kier alpha value is -3.72. The van der Waals surface area contributed by atoms with Crippen LogP contribution < -0.4 is 10.1 Å². The number of alkyl halides is 1. The fourth-order valence-electron chi connectivity index (χ4n) is 6.33. The number of hydrogen-bond donors (Lipinski definition) is 1. The number of pyridine rings is 1. The highest BCUT2D eigenvalue weighted by Crippen LogP contribution is 2.42. The molecule has 220 valence electrons. The average Bonchev–Trinajstić information content (AvgIpc) is 3.48. The smallest absolute Gasteiger partial charge is 0.158 e. The summed E-state index contributed by atoms with van der Waals surface area (Å²) in [5.41, 5.74) is 5.31. The number of likely N-dealkylation sites (tertiary alicyclic amines) is 1. The third-order valence-corrected chi connectivity index (χ3v) is 9.34. The second kappa shape index (κ2) is 10.5. The molecule has 4 heterocycles. The van der Waals surface area contributed by atoms with E-state index in [0.29, 0.717) is 60.3 Å². The summed E-state index contributed by atoms with van der Waals surface area (Å²) in [6.45, 7) is 6.38. The zero-order valence-corrected chi connectivity index (χ0v) is 24.6. The number of rotatable bonds is 8.